The zero-order valence-electron chi connectivity index (χ0n) is 8.40. The van der Waals surface area contributed by atoms with E-state index >= 15 is 0 Å². The molecule has 2 aromatic rings. The summed E-state index contributed by atoms with van der Waals surface area (Å²) < 4.78 is 4.15. The number of aromatic nitrogens is 2. The van der Waals surface area contributed by atoms with Gasteiger partial charge in [0.05, 0.1) is 5.56 Å². The van der Waals surface area contributed by atoms with Crippen molar-refractivity contribution in [2.45, 2.75) is 6.92 Å². The predicted octanol–water partition coefficient (Wildman–Crippen LogP) is 2.22. The molecule has 0 aliphatic carbocycles. The molecule has 0 fully saturated rings. The van der Waals surface area contributed by atoms with Crippen molar-refractivity contribution in [3.8, 4) is 11.1 Å². The van der Waals surface area contributed by atoms with Crippen LogP contribution in [0.2, 0.25) is 0 Å². The van der Waals surface area contributed by atoms with E-state index < -0.39 is 0 Å². The number of pyridine rings is 1. The first-order valence-electron chi connectivity index (χ1n) is 4.72. The minimum Gasteiger partial charge on any atom is -0.382 e. The summed E-state index contributed by atoms with van der Waals surface area (Å²) in [5, 5.41) is 4.27. The molecule has 2 aromatic heterocycles. The van der Waals surface area contributed by atoms with Crippen LogP contribution in [0.15, 0.2) is 24.5 Å². The second kappa shape index (κ2) is 4.27. The number of nitrogens with zero attached hydrogens (tertiary/aromatic N) is 2. The van der Waals surface area contributed by atoms with E-state index in [-0.39, 0.29) is 0 Å². The third-order valence-electron chi connectivity index (χ3n) is 2.02. The highest BCUT2D eigenvalue weighted by atomic mass is 32.1. The molecular formula is C10H12N4S. The van der Waals surface area contributed by atoms with Crippen molar-refractivity contribution in [3.63, 3.8) is 0 Å². The van der Waals surface area contributed by atoms with Gasteiger partial charge >= 0.3 is 0 Å². The van der Waals surface area contributed by atoms with E-state index in [2.05, 4.69) is 14.7 Å². The molecule has 0 aliphatic rings. The van der Waals surface area contributed by atoms with Gasteiger partial charge in [0.2, 0.25) is 0 Å². The molecule has 2 rings (SSSR count). The Hall–Kier alpha value is -1.62. The Bertz CT molecular complexity index is 438. The van der Waals surface area contributed by atoms with Crippen molar-refractivity contribution in [2.24, 2.45) is 0 Å². The average Bonchev–Trinajstić information content (AvgIpc) is 2.62. The first-order chi connectivity index (χ1) is 7.33. The molecule has 3 N–H and O–H groups in total. The van der Waals surface area contributed by atoms with Gasteiger partial charge in [0.1, 0.15) is 10.8 Å². The summed E-state index contributed by atoms with van der Waals surface area (Å²) in [6.07, 6.45) is 3.50. The molecule has 78 valence electrons. The lowest BCUT2D eigenvalue weighted by molar-refractivity contribution is 1.23. The van der Waals surface area contributed by atoms with Gasteiger partial charge in [-0.2, -0.15) is 4.37 Å². The number of hydrogen-bond acceptors (Lipinski definition) is 5. The van der Waals surface area contributed by atoms with Gasteiger partial charge in [-0.1, -0.05) is 0 Å². The van der Waals surface area contributed by atoms with Crippen molar-refractivity contribution >= 4 is 22.4 Å². The van der Waals surface area contributed by atoms with Crippen LogP contribution in [0.3, 0.4) is 0 Å². The molecule has 2 heterocycles. The van der Waals surface area contributed by atoms with E-state index in [1.807, 2.05) is 19.1 Å². The van der Waals surface area contributed by atoms with Crippen LogP contribution in [-0.4, -0.2) is 15.9 Å². The SMILES string of the molecule is CCNc1snc(N)c1-c1ccncc1. The van der Waals surface area contributed by atoms with E-state index in [0.29, 0.717) is 5.82 Å². The lowest BCUT2D eigenvalue weighted by Gasteiger charge is -2.04. The van der Waals surface area contributed by atoms with Crippen LogP contribution >= 0.6 is 11.5 Å². The molecule has 4 nitrogen and oxygen atoms in total. The van der Waals surface area contributed by atoms with Crippen molar-refractivity contribution in [1.82, 2.24) is 9.36 Å². The van der Waals surface area contributed by atoms with Crippen molar-refractivity contribution in [3.05, 3.63) is 24.5 Å². The normalized spacial score (nSPS) is 10.2. The Morgan fingerprint density at radius 2 is 2.13 bits per heavy atom. The fourth-order valence-corrected chi connectivity index (χ4v) is 2.18. The molecule has 0 bridgehead atoms. The minimum absolute atomic E-state index is 0.571. The minimum atomic E-state index is 0.571. The van der Waals surface area contributed by atoms with Gasteiger partial charge in [0.15, 0.2) is 0 Å². The number of nitrogens with one attached hydrogen (secondary N) is 1. The maximum absolute atomic E-state index is 5.84. The quantitative estimate of drug-likeness (QED) is 0.832. The molecule has 0 spiro atoms. The molecular weight excluding hydrogens is 208 g/mol. The van der Waals surface area contributed by atoms with Gasteiger partial charge in [-0.15, -0.1) is 0 Å². The number of nitrogens with two attached hydrogens (primary N) is 1. The van der Waals surface area contributed by atoms with E-state index in [1.54, 1.807) is 12.4 Å². The fraction of sp³-hybridized carbons (Fsp3) is 0.200. The largest absolute Gasteiger partial charge is 0.382 e. The first kappa shape index (κ1) is 9.92. The highest BCUT2D eigenvalue weighted by molar-refractivity contribution is 7.11. The molecule has 0 saturated heterocycles. The standard InChI is InChI=1S/C10H12N4S/c1-2-13-10-8(9(11)14-15-10)7-3-5-12-6-4-7/h3-6,13H,2H2,1H3,(H2,11,14). The molecule has 5 heteroatoms. The number of hydrogen-bond donors (Lipinski definition) is 2. The van der Waals surface area contributed by atoms with Gasteiger partial charge in [-0.05, 0) is 36.2 Å². The van der Waals surface area contributed by atoms with Gasteiger partial charge < -0.3 is 11.1 Å². The third kappa shape index (κ3) is 1.92. The highest BCUT2D eigenvalue weighted by Gasteiger charge is 2.12. The Balaban J connectivity index is 2.47. The second-order valence-electron chi connectivity index (χ2n) is 3.04. The maximum Gasteiger partial charge on any atom is 0.147 e. The van der Waals surface area contributed by atoms with Gasteiger partial charge in [-0.25, -0.2) is 0 Å². The molecule has 0 aliphatic heterocycles. The molecule has 0 radical (unpaired) electrons. The fourth-order valence-electron chi connectivity index (χ4n) is 1.38. The summed E-state index contributed by atoms with van der Waals surface area (Å²) in [5.74, 6) is 0.571. The van der Waals surface area contributed by atoms with Gasteiger partial charge in [0, 0.05) is 18.9 Å². The van der Waals surface area contributed by atoms with Gasteiger partial charge in [-0.3, -0.25) is 4.98 Å². The molecule has 15 heavy (non-hydrogen) atoms. The molecule has 0 amide bonds. The topological polar surface area (TPSA) is 63.8 Å². The van der Waals surface area contributed by atoms with Crippen LogP contribution in [0, 0.1) is 0 Å². The molecule has 0 aromatic carbocycles. The number of rotatable bonds is 3. The van der Waals surface area contributed by atoms with E-state index in [1.165, 1.54) is 11.5 Å². The predicted molar refractivity (Wildman–Crippen MR) is 63.9 cm³/mol. The number of nitrogen functional groups attached to an aromatic ring is 1. The lowest BCUT2D eigenvalue weighted by atomic mass is 10.1. The summed E-state index contributed by atoms with van der Waals surface area (Å²) in [6.45, 7) is 2.91. The van der Waals surface area contributed by atoms with Crippen LogP contribution in [-0.2, 0) is 0 Å². The lowest BCUT2D eigenvalue weighted by Crippen LogP contribution is -1.96. The van der Waals surface area contributed by atoms with E-state index in [4.69, 9.17) is 5.73 Å². The molecule has 0 atom stereocenters. The second-order valence-corrected chi connectivity index (χ2v) is 3.81. The third-order valence-corrected chi connectivity index (χ3v) is 2.84. The summed E-state index contributed by atoms with van der Waals surface area (Å²) in [5.41, 5.74) is 7.87. The molecule has 0 unspecified atom stereocenters. The number of anilines is 2. The average molecular weight is 220 g/mol. The van der Waals surface area contributed by atoms with Crippen LogP contribution in [0.1, 0.15) is 6.92 Å². The van der Waals surface area contributed by atoms with Crippen LogP contribution in [0.25, 0.3) is 11.1 Å². The zero-order valence-corrected chi connectivity index (χ0v) is 9.21. The maximum atomic E-state index is 5.84. The van der Waals surface area contributed by atoms with E-state index in [9.17, 15) is 0 Å². The Kier molecular flexibility index (Phi) is 2.82. The zero-order chi connectivity index (χ0) is 10.7. The van der Waals surface area contributed by atoms with Gasteiger partial charge in [0.25, 0.3) is 0 Å². The molecule has 0 saturated carbocycles. The van der Waals surface area contributed by atoms with Crippen molar-refractivity contribution in [2.75, 3.05) is 17.6 Å². The van der Waals surface area contributed by atoms with Crippen LogP contribution in [0.5, 0.6) is 0 Å². The first-order valence-corrected chi connectivity index (χ1v) is 5.49. The summed E-state index contributed by atoms with van der Waals surface area (Å²) in [7, 11) is 0. The smallest absolute Gasteiger partial charge is 0.147 e. The Labute approximate surface area is 92.3 Å². The highest BCUT2D eigenvalue weighted by Crippen LogP contribution is 2.36. The van der Waals surface area contributed by atoms with Crippen LogP contribution in [0.4, 0.5) is 10.8 Å². The van der Waals surface area contributed by atoms with Crippen molar-refractivity contribution < 1.29 is 0 Å². The summed E-state index contributed by atoms with van der Waals surface area (Å²) in [6, 6.07) is 3.86. The monoisotopic (exact) mass is 220 g/mol. The Morgan fingerprint density at radius 3 is 2.80 bits per heavy atom. The van der Waals surface area contributed by atoms with E-state index in [0.717, 1.165) is 22.7 Å². The summed E-state index contributed by atoms with van der Waals surface area (Å²) in [4.78, 5) is 3.98. The van der Waals surface area contributed by atoms with Crippen molar-refractivity contribution in [1.29, 1.82) is 0 Å². The van der Waals surface area contributed by atoms with Crippen LogP contribution < -0.4 is 11.1 Å². The summed E-state index contributed by atoms with van der Waals surface area (Å²) >= 11 is 1.39. The Morgan fingerprint density at radius 1 is 1.40 bits per heavy atom.